The van der Waals surface area contributed by atoms with Crippen molar-refractivity contribution in [1.82, 2.24) is 25.1 Å². The fourth-order valence-electron chi connectivity index (χ4n) is 2.75. The van der Waals surface area contributed by atoms with E-state index in [0.717, 1.165) is 35.4 Å². The van der Waals surface area contributed by atoms with Gasteiger partial charge in [-0.25, -0.2) is 14.6 Å². The molecule has 0 aliphatic rings. The summed E-state index contributed by atoms with van der Waals surface area (Å²) >= 11 is 7.60. The minimum atomic E-state index is -0.0747. The number of anilines is 1. The molecule has 0 radical (unpaired) electrons. The molecule has 2 aromatic heterocycles. The van der Waals surface area contributed by atoms with E-state index in [4.69, 9.17) is 11.6 Å². The maximum absolute atomic E-state index is 12.2. The predicted octanol–water partition coefficient (Wildman–Crippen LogP) is 3.38. The summed E-state index contributed by atoms with van der Waals surface area (Å²) in [5.41, 5.74) is 1.58. The van der Waals surface area contributed by atoms with E-state index in [2.05, 4.69) is 32.6 Å². The van der Waals surface area contributed by atoms with Crippen molar-refractivity contribution in [2.45, 2.75) is 31.5 Å². The van der Waals surface area contributed by atoms with Crippen molar-refractivity contribution in [2.24, 2.45) is 0 Å². The molecule has 0 unspecified atom stereocenters. The molecule has 28 heavy (non-hydrogen) atoms. The van der Waals surface area contributed by atoms with Gasteiger partial charge < -0.3 is 10.6 Å². The number of fused-ring (bicyclic) bond motifs is 1. The first kappa shape index (κ1) is 20.4. The minimum absolute atomic E-state index is 0.0747. The number of hydrogen-bond donors (Lipinski definition) is 2. The number of nitrogens with one attached hydrogen (secondary N) is 2. The summed E-state index contributed by atoms with van der Waals surface area (Å²) in [7, 11) is 0. The summed E-state index contributed by atoms with van der Waals surface area (Å²) in [4.78, 5) is 21.3. The molecule has 2 heterocycles. The molecule has 0 aliphatic carbocycles. The van der Waals surface area contributed by atoms with E-state index >= 15 is 0 Å². The Morgan fingerprint density at radius 1 is 1.25 bits per heavy atom. The van der Waals surface area contributed by atoms with Crippen molar-refractivity contribution >= 4 is 46.1 Å². The van der Waals surface area contributed by atoms with Crippen molar-refractivity contribution in [3.63, 3.8) is 0 Å². The molecule has 0 fully saturated rings. The smallest absolute Gasteiger partial charge is 0.224 e. The van der Waals surface area contributed by atoms with Crippen LogP contribution in [-0.2, 0) is 17.8 Å². The van der Waals surface area contributed by atoms with E-state index in [9.17, 15) is 4.79 Å². The van der Waals surface area contributed by atoms with Crippen molar-refractivity contribution in [1.29, 1.82) is 0 Å². The van der Waals surface area contributed by atoms with Gasteiger partial charge in [-0.15, -0.1) is 0 Å². The molecule has 3 aromatic rings. The van der Waals surface area contributed by atoms with E-state index in [1.807, 2.05) is 24.5 Å². The number of aromatic nitrogens is 4. The van der Waals surface area contributed by atoms with Gasteiger partial charge >= 0.3 is 0 Å². The average Bonchev–Trinajstić information content (AvgIpc) is 3.11. The zero-order valence-electron chi connectivity index (χ0n) is 15.9. The van der Waals surface area contributed by atoms with Crippen molar-refractivity contribution in [3.8, 4) is 0 Å². The van der Waals surface area contributed by atoms with Crippen LogP contribution in [0.5, 0.6) is 0 Å². The summed E-state index contributed by atoms with van der Waals surface area (Å²) < 4.78 is 1.80. The van der Waals surface area contributed by atoms with Gasteiger partial charge in [0.1, 0.15) is 5.82 Å². The molecule has 0 bridgehead atoms. The highest BCUT2D eigenvalue weighted by molar-refractivity contribution is 7.98. The molecular formula is C19H23ClN6OS. The van der Waals surface area contributed by atoms with Crippen LogP contribution in [0.4, 0.5) is 5.82 Å². The van der Waals surface area contributed by atoms with Crippen LogP contribution >= 0.6 is 23.4 Å². The molecule has 0 spiro atoms. The fraction of sp³-hybridized carbons (Fsp3) is 0.368. The monoisotopic (exact) mass is 418 g/mol. The van der Waals surface area contributed by atoms with Gasteiger partial charge in [0.25, 0.3) is 0 Å². The third-order valence-corrected chi connectivity index (χ3v) is 5.07. The Kier molecular flexibility index (Phi) is 7.11. The first-order valence-electron chi connectivity index (χ1n) is 9.14. The molecule has 0 aliphatic heterocycles. The largest absolute Gasteiger partial charge is 0.369 e. The lowest BCUT2D eigenvalue weighted by atomic mass is 10.1. The van der Waals surface area contributed by atoms with E-state index in [0.29, 0.717) is 23.3 Å². The number of benzene rings is 1. The van der Waals surface area contributed by atoms with Gasteiger partial charge in [0.05, 0.1) is 24.5 Å². The summed E-state index contributed by atoms with van der Waals surface area (Å²) in [6.45, 7) is 3.92. The standard InChI is InChI=1S/C19H23ClN6OS/c1-3-8-22-17-14-12-23-26(18(14)25-19(24-17)28-2)10-9-21-16(27)11-13-6-4-5-7-15(13)20/h4-7,12H,3,8-11H2,1-2H3,(H,21,27)(H,22,24,25). The van der Waals surface area contributed by atoms with Crippen LogP contribution in [0.2, 0.25) is 5.02 Å². The Labute approximate surface area is 173 Å². The number of carbonyl (C=O) groups is 1. The van der Waals surface area contributed by atoms with Crippen molar-refractivity contribution in [2.75, 3.05) is 24.7 Å². The molecule has 0 saturated carbocycles. The Morgan fingerprint density at radius 2 is 2.07 bits per heavy atom. The second-order valence-electron chi connectivity index (χ2n) is 6.21. The number of rotatable bonds is 9. The Morgan fingerprint density at radius 3 is 2.82 bits per heavy atom. The maximum atomic E-state index is 12.2. The molecule has 1 aromatic carbocycles. The van der Waals surface area contributed by atoms with Crippen LogP contribution in [0.15, 0.2) is 35.6 Å². The zero-order valence-corrected chi connectivity index (χ0v) is 17.5. The molecule has 3 rings (SSSR count). The van der Waals surface area contributed by atoms with Gasteiger partial charge in [-0.05, 0) is 24.3 Å². The van der Waals surface area contributed by atoms with Crippen LogP contribution in [0.3, 0.4) is 0 Å². The maximum Gasteiger partial charge on any atom is 0.224 e. The zero-order chi connectivity index (χ0) is 19.9. The molecule has 2 N–H and O–H groups in total. The van der Waals surface area contributed by atoms with E-state index in [1.54, 1.807) is 16.9 Å². The third kappa shape index (κ3) is 4.94. The molecule has 0 saturated heterocycles. The second-order valence-corrected chi connectivity index (χ2v) is 7.39. The highest BCUT2D eigenvalue weighted by atomic mass is 35.5. The fourth-order valence-corrected chi connectivity index (χ4v) is 3.31. The van der Waals surface area contributed by atoms with Crippen LogP contribution in [0.25, 0.3) is 11.0 Å². The Bertz CT molecular complexity index is 961. The number of hydrogen-bond acceptors (Lipinski definition) is 6. The average molecular weight is 419 g/mol. The first-order chi connectivity index (χ1) is 13.6. The van der Waals surface area contributed by atoms with Gasteiger partial charge in [0.15, 0.2) is 10.8 Å². The molecule has 0 atom stereocenters. The van der Waals surface area contributed by atoms with E-state index in [-0.39, 0.29) is 12.3 Å². The highest BCUT2D eigenvalue weighted by Gasteiger charge is 2.13. The molecule has 7 nitrogen and oxygen atoms in total. The van der Waals surface area contributed by atoms with Crippen molar-refractivity contribution in [3.05, 3.63) is 41.0 Å². The number of carbonyl (C=O) groups excluding carboxylic acids is 1. The van der Waals surface area contributed by atoms with Gasteiger partial charge in [-0.1, -0.05) is 48.5 Å². The van der Waals surface area contributed by atoms with Crippen LogP contribution < -0.4 is 10.6 Å². The third-order valence-electron chi connectivity index (χ3n) is 4.16. The van der Waals surface area contributed by atoms with Crippen LogP contribution in [-0.4, -0.2) is 45.0 Å². The summed E-state index contributed by atoms with van der Waals surface area (Å²) in [6.07, 6.45) is 4.97. The molecule has 9 heteroatoms. The minimum Gasteiger partial charge on any atom is -0.369 e. The Hall–Kier alpha value is -2.32. The first-order valence-corrected chi connectivity index (χ1v) is 10.7. The molecule has 1 amide bonds. The second kappa shape index (κ2) is 9.75. The van der Waals surface area contributed by atoms with Crippen molar-refractivity contribution < 1.29 is 4.79 Å². The normalized spacial score (nSPS) is 11.0. The lowest BCUT2D eigenvalue weighted by Gasteiger charge is -2.09. The molecular weight excluding hydrogens is 396 g/mol. The molecule has 148 valence electrons. The van der Waals surface area contributed by atoms with E-state index in [1.165, 1.54) is 11.8 Å². The van der Waals surface area contributed by atoms with Gasteiger partial charge in [-0.3, -0.25) is 4.79 Å². The van der Waals surface area contributed by atoms with E-state index < -0.39 is 0 Å². The number of nitrogens with zero attached hydrogens (tertiary/aromatic N) is 4. The quantitative estimate of drug-likeness (QED) is 0.409. The van der Waals surface area contributed by atoms with Crippen LogP contribution in [0, 0.1) is 0 Å². The Balaban J connectivity index is 1.65. The van der Waals surface area contributed by atoms with Gasteiger partial charge in [0.2, 0.25) is 5.91 Å². The lowest BCUT2D eigenvalue weighted by molar-refractivity contribution is -0.120. The van der Waals surface area contributed by atoms with Gasteiger partial charge in [0, 0.05) is 18.1 Å². The topological polar surface area (TPSA) is 84.7 Å². The lowest BCUT2D eigenvalue weighted by Crippen LogP contribution is -2.29. The summed E-state index contributed by atoms with van der Waals surface area (Å²) in [5, 5.41) is 12.8. The predicted molar refractivity (Wildman–Crippen MR) is 114 cm³/mol. The van der Waals surface area contributed by atoms with Gasteiger partial charge in [-0.2, -0.15) is 5.10 Å². The number of thioether (sulfide) groups is 1. The summed E-state index contributed by atoms with van der Waals surface area (Å²) in [5.74, 6) is 0.722. The number of amides is 1. The highest BCUT2D eigenvalue weighted by Crippen LogP contribution is 2.23. The number of halogens is 1. The van der Waals surface area contributed by atoms with Crippen LogP contribution in [0.1, 0.15) is 18.9 Å². The SMILES string of the molecule is CCCNc1nc(SC)nc2c1cnn2CCNC(=O)Cc1ccccc1Cl. The summed E-state index contributed by atoms with van der Waals surface area (Å²) in [6, 6.07) is 7.36.